The average molecular weight is 591 g/mol. The predicted molar refractivity (Wildman–Crippen MR) is 151 cm³/mol. The van der Waals surface area contributed by atoms with Crippen molar-refractivity contribution in [1.82, 2.24) is 5.32 Å². The first-order chi connectivity index (χ1) is 17.1. The van der Waals surface area contributed by atoms with Gasteiger partial charge in [0.1, 0.15) is 5.75 Å². The summed E-state index contributed by atoms with van der Waals surface area (Å²) in [5.41, 5.74) is 1.47. The second kappa shape index (κ2) is 12.3. The molecule has 3 aromatic rings. The molecule has 10 heteroatoms. The number of sulfonamides is 1. The van der Waals surface area contributed by atoms with Crippen LogP contribution in [-0.4, -0.2) is 32.6 Å². The maximum Gasteiger partial charge on any atom is 0.264 e. The van der Waals surface area contributed by atoms with E-state index >= 15 is 0 Å². The summed E-state index contributed by atoms with van der Waals surface area (Å²) in [5, 5.41) is 5.64. The van der Waals surface area contributed by atoms with Gasteiger partial charge in [-0.1, -0.05) is 48.0 Å². The number of para-hydroxylation sites is 1. The van der Waals surface area contributed by atoms with Crippen LogP contribution in [-0.2, 0) is 10.0 Å². The van der Waals surface area contributed by atoms with Gasteiger partial charge >= 0.3 is 0 Å². The zero-order valence-corrected chi connectivity index (χ0v) is 23.4. The van der Waals surface area contributed by atoms with Crippen molar-refractivity contribution in [2.75, 3.05) is 22.8 Å². The molecule has 0 fully saturated rings. The molecule has 0 heterocycles. The molecule has 190 valence electrons. The van der Waals surface area contributed by atoms with E-state index in [4.69, 9.17) is 17.0 Å². The molecule has 0 bridgehead atoms. The first-order valence-corrected chi connectivity index (χ1v) is 14.0. The lowest BCUT2D eigenvalue weighted by Gasteiger charge is -2.23. The molecule has 3 rings (SSSR count). The summed E-state index contributed by atoms with van der Waals surface area (Å²) in [7, 11) is -3.74. The lowest BCUT2D eigenvalue weighted by molar-refractivity contribution is 0.0973. The Morgan fingerprint density at radius 2 is 1.72 bits per heavy atom. The van der Waals surface area contributed by atoms with Crippen molar-refractivity contribution in [2.45, 2.75) is 25.7 Å². The van der Waals surface area contributed by atoms with Gasteiger partial charge in [0.15, 0.2) is 5.11 Å². The molecular formula is C26H28BrN3O4S2. The molecule has 0 radical (unpaired) electrons. The normalized spacial score (nSPS) is 11.1. The summed E-state index contributed by atoms with van der Waals surface area (Å²) in [6.45, 7) is 6.60. The Morgan fingerprint density at radius 3 is 2.33 bits per heavy atom. The minimum Gasteiger partial charge on any atom is -0.492 e. The zero-order valence-electron chi connectivity index (χ0n) is 20.2. The Kier molecular flexibility index (Phi) is 9.47. The molecule has 0 aliphatic heterocycles. The highest BCUT2D eigenvalue weighted by molar-refractivity contribution is 9.10. The van der Waals surface area contributed by atoms with Crippen LogP contribution in [0, 0.1) is 5.92 Å². The number of hydrogen-bond donors (Lipinski definition) is 2. The van der Waals surface area contributed by atoms with E-state index in [9.17, 15) is 13.2 Å². The fraction of sp³-hybridized carbons (Fsp3) is 0.231. The summed E-state index contributed by atoms with van der Waals surface area (Å²) in [6, 6.07) is 20.3. The third-order valence-electron chi connectivity index (χ3n) is 5.02. The molecule has 0 aliphatic rings. The molecule has 0 aliphatic carbocycles. The van der Waals surface area contributed by atoms with Gasteiger partial charge in [0.05, 0.1) is 22.8 Å². The number of ether oxygens (including phenoxy) is 1. The molecule has 3 aromatic carbocycles. The number of rotatable bonds is 9. The fourth-order valence-corrected chi connectivity index (χ4v) is 5.36. The molecule has 0 aromatic heterocycles. The summed E-state index contributed by atoms with van der Waals surface area (Å²) in [4.78, 5) is 13.0. The molecule has 0 atom stereocenters. The van der Waals surface area contributed by atoms with Gasteiger partial charge in [0.2, 0.25) is 0 Å². The molecule has 7 nitrogen and oxygen atoms in total. The molecule has 1 amide bonds. The van der Waals surface area contributed by atoms with Crippen LogP contribution >= 0.6 is 28.1 Å². The van der Waals surface area contributed by atoms with Crippen molar-refractivity contribution in [3.63, 3.8) is 0 Å². The Hall–Kier alpha value is -2.95. The topological polar surface area (TPSA) is 87.7 Å². The van der Waals surface area contributed by atoms with Crippen molar-refractivity contribution in [3.05, 3.63) is 82.8 Å². The summed E-state index contributed by atoms with van der Waals surface area (Å²) < 4.78 is 34.2. The number of halogens is 1. The third kappa shape index (κ3) is 7.05. The fourth-order valence-electron chi connectivity index (χ4n) is 3.32. The van der Waals surface area contributed by atoms with Crippen LogP contribution in [0.5, 0.6) is 5.75 Å². The number of nitrogens with one attached hydrogen (secondary N) is 2. The number of anilines is 2. The predicted octanol–water partition coefficient (Wildman–Crippen LogP) is 5.83. The minimum atomic E-state index is -3.74. The molecule has 0 spiro atoms. The first-order valence-electron chi connectivity index (χ1n) is 11.3. The van der Waals surface area contributed by atoms with Crippen LogP contribution in [0.25, 0.3) is 0 Å². The van der Waals surface area contributed by atoms with Crippen LogP contribution in [0.15, 0.2) is 82.2 Å². The molecular weight excluding hydrogens is 562 g/mol. The zero-order chi connectivity index (χ0) is 26.3. The summed E-state index contributed by atoms with van der Waals surface area (Å²) in [6.07, 6.45) is 0. The van der Waals surface area contributed by atoms with Crippen molar-refractivity contribution in [2.24, 2.45) is 5.92 Å². The van der Waals surface area contributed by atoms with Crippen LogP contribution < -0.4 is 19.7 Å². The minimum absolute atomic E-state index is 0.0739. The van der Waals surface area contributed by atoms with E-state index in [0.29, 0.717) is 41.8 Å². The molecule has 0 saturated heterocycles. The van der Waals surface area contributed by atoms with E-state index in [1.54, 1.807) is 61.5 Å². The van der Waals surface area contributed by atoms with Gasteiger partial charge in [0, 0.05) is 16.7 Å². The quantitative estimate of drug-likeness (QED) is 0.305. The number of carbonyl (C=O) groups is 1. The second-order valence-electron chi connectivity index (χ2n) is 8.28. The summed E-state index contributed by atoms with van der Waals surface area (Å²) in [5.74, 6) is 0.338. The molecule has 0 saturated carbocycles. The first kappa shape index (κ1) is 27.6. The number of carbonyl (C=O) groups excluding carboxylic acids is 1. The summed E-state index contributed by atoms with van der Waals surface area (Å²) >= 11 is 8.68. The monoisotopic (exact) mass is 589 g/mol. The number of benzene rings is 3. The molecule has 36 heavy (non-hydrogen) atoms. The Balaban J connectivity index is 1.69. The van der Waals surface area contributed by atoms with Crippen LogP contribution in [0.3, 0.4) is 0 Å². The van der Waals surface area contributed by atoms with E-state index in [-0.39, 0.29) is 10.0 Å². The molecule has 0 unspecified atom stereocenters. The van der Waals surface area contributed by atoms with Gasteiger partial charge in [0.25, 0.3) is 15.9 Å². The SMILES string of the molecule is CCN(c1ccccc1)S(=O)(=O)c1ccc(NC(=S)NC(=O)c2cc(Br)ccc2OCC(C)C)cc1. The van der Waals surface area contributed by atoms with Crippen LogP contribution in [0.2, 0.25) is 0 Å². The number of thiocarbonyl (C=S) groups is 1. The third-order valence-corrected chi connectivity index (χ3v) is 7.63. The van der Waals surface area contributed by atoms with Gasteiger partial charge in [-0.25, -0.2) is 8.42 Å². The largest absolute Gasteiger partial charge is 0.492 e. The Bertz CT molecular complexity index is 1310. The van der Waals surface area contributed by atoms with Crippen molar-refractivity contribution >= 4 is 60.6 Å². The highest BCUT2D eigenvalue weighted by Gasteiger charge is 2.23. The van der Waals surface area contributed by atoms with E-state index in [1.165, 1.54) is 16.4 Å². The number of nitrogens with zero attached hydrogens (tertiary/aromatic N) is 1. The van der Waals surface area contributed by atoms with Crippen molar-refractivity contribution < 1.29 is 17.9 Å². The highest BCUT2D eigenvalue weighted by atomic mass is 79.9. The van der Waals surface area contributed by atoms with Crippen LogP contribution in [0.1, 0.15) is 31.1 Å². The Labute approximate surface area is 226 Å². The number of amides is 1. The van der Waals surface area contributed by atoms with Crippen molar-refractivity contribution in [3.8, 4) is 5.75 Å². The average Bonchev–Trinajstić information content (AvgIpc) is 2.84. The lowest BCUT2D eigenvalue weighted by Crippen LogP contribution is -2.34. The van der Waals surface area contributed by atoms with E-state index in [1.807, 2.05) is 19.9 Å². The van der Waals surface area contributed by atoms with E-state index in [0.717, 1.165) is 4.47 Å². The van der Waals surface area contributed by atoms with Gasteiger partial charge in [-0.05, 0) is 79.7 Å². The smallest absolute Gasteiger partial charge is 0.264 e. The van der Waals surface area contributed by atoms with Gasteiger partial charge in [-0.2, -0.15) is 0 Å². The Morgan fingerprint density at radius 1 is 1.06 bits per heavy atom. The van der Waals surface area contributed by atoms with E-state index in [2.05, 4.69) is 26.6 Å². The lowest BCUT2D eigenvalue weighted by atomic mass is 10.2. The van der Waals surface area contributed by atoms with Crippen LogP contribution in [0.4, 0.5) is 11.4 Å². The second-order valence-corrected chi connectivity index (χ2v) is 11.5. The maximum atomic E-state index is 13.2. The van der Waals surface area contributed by atoms with E-state index < -0.39 is 15.9 Å². The van der Waals surface area contributed by atoms with Gasteiger partial charge in [-0.15, -0.1) is 0 Å². The van der Waals surface area contributed by atoms with Gasteiger partial charge < -0.3 is 10.1 Å². The number of hydrogen-bond acceptors (Lipinski definition) is 5. The maximum absolute atomic E-state index is 13.2. The highest BCUT2D eigenvalue weighted by Crippen LogP contribution is 2.25. The molecule has 2 N–H and O–H groups in total. The van der Waals surface area contributed by atoms with Crippen molar-refractivity contribution in [1.29, 1.82) is 0 Å². The standard InChI is InChI=1S/C26H28BrN3O4S2/c1-4-30(21-8-6-5-7-9-21)36(32,33)22-13-11-20(12-14-22)28-26(35)29-25(31)23-16-19(27)10-15-24(23)34-17-18(2)3/h5-16,18H,4,17H2,1-3H3,(H2,28,29,31,35). The van der Waals surface area contributed by atoms with Gasteiger partial charge in [-0.3, -0.25) is 14.4 Å².